The smallest absolute Gasteiger partial charge is 0.213 e. The number of thioether (sulfide) groups is 1. The standard InChI is InChI=1S/C21H20FN3O3S/c1-2-5-19-23-21(25-24-19)29-18(20(26)27)12-14-8-10-16(11-9-14)28-13-15-6-3-4-7-17(15)22/h3-4,6-12H,2,5,13H2,1H3,(H,26,27)(H,23,24,25)/p-1/b18-12-. The van der Waals surface area contributed by atoms with Gasteiger partial charge in [-0.3, -0.25) is 5.10 Å². The van der Waals surface area contributed by atoms with Crippen LogP contribution in [-0.2, 0) is 17.8 Å². The van der Waals surface area contributed by atoms with Crippen LogP contribution in [0.2, 0.25) is 0 Å². The Bertz CT molecular complexity index is 1000. The van der Waals surface area contributed by atoms with E-state index in [9.17, 15) is 14.3 Å². The molecule has 3 rings (SSSR count). The molecule has 0 bridgehead atoms. The number of carbonyl (C=O) groups excluding carboxylic acids is 1. The molecular weight excluding hydrogens is 393 g/mol. The summed E-state index contributed by atoms with van der Waals surface area (Å²) in [5, 5.41) is 18.6. The fourth-order valence-corrected chi connectivity index (χ4v) is 3.21. The lowest BCUT2D eigenvalue weighted by Crippen LogP contribution is -2.23. The van der Waals surface area contributed by atoms with E-state index in [-0.39, 0.29) is 17.3 Å². The van der Waals surface area contributed by atoms with Gasteiger partial charge >= 0.3 is 0 Å². The van der Waals surface area contributed by atoms with E-state index in [1.54, 1.807) is 42.5 Å². The van der Waals surface area contributed by atoms with Gasteiger partial charge in [0.2, 0.25) is 5.16 Å². The van der Waals surface area contributed by atoms with Crippen molar-refractivity contribution in [2.24, 2.45) is 0 Å². The zero-order valence-electron chi connectivity index (χ0n) is 15.7. The monoisotopic (exact) mass is 412 g/mol. The highest BCUT2D eigenvalue weighted by Crippen LogP contribution is 2.26. The molecule has 29 heavy (non-hydrogen) atoms. The molecule has 1 aromatic heterocycles. The summed E-state index contributed by atoms with van der Waals surface area (Å²) in [4.78, 5) is 15.7. The molecule has 0 spiro atoms. The normalized spacial score (nSPS) is 11.4. The summed E-state index contributed by atoms with van der Waals surface area (Å²) >= 11 is 0.924. The van der Waals surface area contributed by atoms with Gasteiger partial charge in [0.1, 0.15) is 24.0 Å². The molecule has 3 aromatic rings. The number of halogens is 1. The maximum absolute atomic E-state index is 13.6. The number of hydrogen-bond donors (Lipinski definition) is 1. The molecule has 6 nitrogen and oxygen atoms in total. The summed E-state index contributed by atoms with van der Waals surface area (Å²) < 4.78 is 19.2. The Balaban J connectivity index is 1.66. The van der Waals surface area contributed by atoms with Crippen LogP contribution < -0.4 is 9.84 Å². The van der Waals surface area contributed by atoms with Crippen molar-refractivity contribution in [1.82, 2.24) is 15.2 Å². The molecule has 8 heteroatoms. The highest BCUT2D eigenvalue weighted by molar-refractivity contribution is 8.04. The minimum absolute atomic E-state index is 0.00734. The molecule has 1 heterocycles. The maximum Gasteiger partial charge on any atom is 0.213 e. The molecule has 1 N–H and O–H groups in total. The van der Waals surface area contributed by atoms with Gasteiger partial charge in [0, 0.05) is 16.9 Å². The first-order chi connectivity index (χ1) is 14.0. The number of aryl methyl sites for hydroxylation is 1. The topological polar surface area (TPSA) is 90.9 Å². The van der Waals surface area contributed by atoms with Gasteiger partial charge in [0.05, 0.1) is 5.97 Å². The molecule has 0 fully saturated rings. The number of nitrogens with zero attached hydrogens (tertiary/aromatic N) is 2. The van der Waals surface area contributed by atoms with Gasteiger partial charge < -0.3 is 14.6 Å². The lowest BCUT2D eigenvalue weighted by Gasteiger charge is -2.08. The summed E-state index contributed by atoms with van der Waals surface area (Å²) in [5.41, 5.74) is 1.11. The number of nitrogens with one attached hydrogen (secondary N) is 1. The van der Waals surface area contributed by atoms with Gasteiger partial charge in [0.25, 0.3) is 0 Å². The number of aromatic nitrogens is 3. The van der Waals surface area contributed by atoms with Crippen molar-refractivity contribution < 1.29 is 19.0 Å². The number of rotatable bonds is 9. The van der Waals surface area contributed by atoms with Crippen molar-refractivity contribution in [2.75, 3.05) is 0 Å². The second-order valence-corrected chi connectivity index (χ2v) is 7.17. The number of benzene rings is 2. The number of H-pyrrole nitrogens is 1. The Morgan fingerprint density at radius 2 is 2.00 bits per heavy atom. The number of carbonyl (C=O) groups is 1. The first kappa shape index (κ1) is 20.6. The molecule has 0 amide bonds. The zero-order valence-corrected chi connectivity index (χ0v) is 16.5. The van der Waals surface area contributed by atoms with E-state index in [4.69, 9.17) is 4.74 Å². The first-order valence-corrected chi connectivity index (χ1v) is 9.85. The number of aliphatic carboxylic acids is 1. The highest BCUT2D eigenvalue weighted by Gasteiger charge is 2.09. The first-order valence-electron chi connectivity index (χ1n) is 9.03. The Labute approximate surface area is 171 Å². The molecule has 2 aromatic carbocycles. The average molecular weight is 412 g/mol. The lowest BCUT2D eigenvalue weighted by atomic mass is 10.2. The highest BCUT2D eigenvalue weighted by atomic mass is 32.2. The quantitative estimate of drug-likeness (QED) is 0.428. The van der Waals surface area contributed by atoms with Gasteiger partial charge in [-0.2, -0.15) is 0 Å². The second-order valence-electron chi connectivity index (χ2n) is 6.16. The molecule has 150 valence electrons. The largest absolute Gasteiger partial charge is 0.544 e. The number of carboxylic acids is 1. The van der Waals surface area contributed by atoms with Crippen LogP contribution in [0.5, 0.6) is 5.75 Å². The molecule has 0 saturated heterocycles. The fourth-order valence-electron chi connectivity index (χ4n) is 2.49. The predicted octanol–water partition coefficient (Wildman–Crippen LogP) is 3.36. The summed E-state index contributed by atoms with van der Waals surface area (Å²) in [5.74, 6) is -0.372. The van der Waals surface area contributed by atoms with Gasteiger partial charge in [0.15, 0.2) is 0 Å². The van der Waals surface area contributed by atoms with Crippen LogP contribution in [0.3, 0.4) is 0 Å². The van der Waals surface area contributed by atoms with E-state index < -0.39 is 5.97 Å². The van der Waals surface area contributed by atoms with E-state index in [1.165, 1.54) is 12.1 Å². The predicted molar refractivity (Wildman–Crippen MR) is 106 cm³/mol. The SMILES string of the molecule is CCCc1nc(S/C(=C\c2ccc(OCc3ccccc3F)cc2)C(=O)[O-])n[nH]1. The van der Waals surface area contributed by atoms with Gasteiger partial charge in [-0.25, -0.2) is 9.37 Å². The second kappa shape index (κ2) is 9.88. The van der Waals surface area contributed by atoms with Gasteiger partial charge in [-0.05, 0) is 48.0 Å². The van der Waals surface area contributed by atoms with E-state index in [2.05, 4.69) is 15.2 Å². The number of carboxylic acid groups (broad SMARTS) is 1. The van der Waals surface area contributed by atoms with Crippen LogP contribution in [0.1, 0.15) is 30.3 Å². The fraction of sp³-hybridized carbons (Fsp3) is 0.190. The molecule has 0 unspecified atom stereocenters. The van der Waals surface area contributed by atoms with Crippen LogP contribution in [0.25, 0.3) is 6.08 Å². The van der Waals surface area contributed by atoms with Crippen molar-refractivity contribution in [3.63, 3.8) is 0 Å². The lowest BCUT2D eigenvalue weighted by molar-refractivity contribution is -0.298. The van der Waals surface area contributed by atoms with E-state index in [0.29, 0.717) is 27.9 Å². The Kier molecular flexibility index (Phi) is 7.02. The third-order valence-electron chi connectivity index (χ3n) is 3.93. The number of hydrogen-bond acceptors (Lipinski definition) is 6. The van der Waals surface area contributed by atoms with Crippen LogP contribution >= 0.6 is 11.8 Å². The number of ether oxygens (including phenoxy) is 1. The average Bonchev–Trinajstić information content (AvgIpc) is 3.15. The molecule has 0 aliphatic carbocycles. The zero-order chi connectivity index (χ0) is 20.6. The summed E-state index contributed by atoms with van der Waals surface area (Å²) in [6, 6.07) is 13.2. The van der Waals surface area contributed by atoms with Crippen LogP contribution in [0, 0.1) is 5.82 Å². The molecule has 0 atom stereocenters. The van der Waals surface area contributed by atoms with Crippen molar-refractivity contribution in [2.45, 2.75) is 31.5 Å². The third-order valence-corrected chi connectivity index (χ3v) is 4.80. The molecule has 0 saturated carbocycles. The van der Waals surface area contributed by atoms with Crippen molar-refractivity contribution >= 4 is 23.8 Å². The van der Waals surface area contributed by atoms with Gasteiger partial charge in [-0.15, -0.1) is 5.10 Å². The molecule has 0 aliphatic heterocycles. The summed E-state index contributed by atoms with van der Waals surface area (Å²) in [6.45, 7) is 2.12. The minimum atomic E-state index is -1.31. The molecular formula is C21H19FN3O3S-. The Morgan fingerprint density at radius 1 is 1.24 bits per heavy atom. The van der Waals surface area contributed by atoms with Crippen LogP contribution in [-0.4, -0.2) is 21.2 Å². The Hall–Kier alpha value is -3.13. The summed E-state index contributed by atoms with van der Waals surface area (Å²) in [7, 11) is 0. The summed E-state index contributed by atoms with van der Waals surface area (Å²) in [6.07, 6.45) is 3.14. The van der Waals surface area contributed by atoms with E-state index >= 15 is 0 Å². The maximum atomic E-state index is 13.6. The minimum Gasteiger partial charge on any atom is -0.544 e. The van der Waals surface area contributed by atoms with Crippen LogP contribution in [0.15, 0.2) is 58.6 Å². The van der Waals surface area contributed by atoms with Crippen molar-refractivity contribution in [3.05, 3.63) is 76.2 Å². The number of aromatic amines is 1. The molecule has 0 aliphatic rings. The van der Waals surface area contributed by atoms with Crippen LogP contribution in [0.4, 0.5) is 4.39 Å². The van der Waals surface area contributed by atoms with E-state index in [1.807, 2.05) is 6.92 Å². The van der Waals surface area contributed by atoms with Crippen molar-refractivity contribution in [1.29, 1.82) is 0 Å². The third kappa shape index (κ3) is 5.92. The van der Waals surface area contributed by atoms with E-state index in [0.717, 1.165) is 24.6 Å². The Morgan fingerprint density at radius 3 is 2.69 bits per heavy atom. The van der Waals surface area contributed by atoms with Crippen molar-refractivity contribution in [3.8, 4) is 5.75 Å². The molecule has 0 radical (unpaired) electrons. The van der Waals surface area contributed by atoms with Gasteiger partial charge in [-0.1, -0.05) is 37.3 Å².